The quantitative estimate of drug-likeness (QED) is 0.896. The molecule has 1 aromatic rings. The van der Waals surface area contributed by atoms with Crippen molar-refractivity contribution in [3.63, 3.8) is 0 Å². The second kappa shape index (κ2) is 4.38. The molecule has 1 aliphatic rings. The Kier molecular flexibility index (Phi) is 3.27. The van der Waals surface area contributed by atoms with Gasteiger partial charge in [0, 0.05) is 22.5 Å². The molecule has 0 saturated heterocycles. The monoisotopic (exact) mass is 283 g/mol. The van der Waals surface area contributed by atoms with Gasteiger partial charge in [-0.05, 0) is 31.0 Å². The molecule has 0 aliphatic carbocycles. The molecule has 1 unspecified atom stereocenters. The van der Waals surface area contributed by atoms with E-state index >= 15 is 0 Å². The van der Waals surface area contributed by atoms with E-state index in [0.717, 1.165) is 35.0 Å². The van der Waals surface area contributed by atoms with Crippen molar-refractivity contribution in [1.29, 1.82) is 0 Å². The molecule has 2 nitrogen and oxygen atoms in total. The predicted molar refractivity (Wildman–Crippen MR) is 69.6 cm³/mol. The fraction of sp³-hybridized carbons (Fsp3) is 0.538. The Morgan fingerprint density at radius 2 is 2.12 bits per heavy atom. The Balaban J connectivity index is 2.40. The SMILES string of the molecule is CCC1(CC)CC(N)c2cc(Br)ccc2O1. The molecular weight excluding hydrogens is 266 g/mol. The lowest BCUT2D eigenvalue weighted by Crippen LogP contribution is -2.41. The molecule has 1 aromatic carbocycles. The smallest absolute Gasteiger partial charge is 0.124 e. The van der Waals surface area contributed by atoms with Crippen molar-refractivity contribution in [2.24, 2.45) is 5.73 Å². The van der Waals surface area contributed by atoms with E-state index in [2.05, 4.69) is 35.8 Å². The highest BCUT2D eigenvalue weighted by Crippen LogP contribution is 2.42. The average molecular weight is 284 g/mol. The van der Waals surface area contributed by atoms with Crippen LogP contribution in [0, 0.1) is 0 Å². The van der Waals surface area contributed by atoms with Gasteiger partial charge in [0.25, 0.3) is 0 Å². The van der Waals surface area contributed by atoms with Gasteiger partial charge in [-0.1, -0.05) is 29.8 Å². The van der Waals surface area contributed by atoms with Gasteiger partial charge < -0.3 is 10.5 Å². The zero-order chi connectivity index (χ0) is 11.8. The van der Waals surface area contributed by atoms with Crippen LogP contribution in [0.3, 0.4) is 0 Å². The zero-order valence-electron chi connectivity index (χ0n) is 9.79. The van der Waals surface area contributed by atoms with Crippen LogP contribution in [0.2, 0.25) is 0 Å². The molecule has 88 valence electrons. The minimum absolute atomic E-state index is 0.0692. The molecule has 2 rings (SSSR count). The van der Waals surface area contributed by atoms with E-state index < -0.39 is 0 Å². The topological polar surface area (TPSA) is 35.2 Å². The summed E-state index contributed by atoms with van der Waals surface area (Å²) in [5, 5.41) is 0. The fourth-order valence-electron chi connectivity index (χ4n) is 2.37. The van der Waals surface area contributed by atoms with E-state index in [9.17, 15) is 0 Å². The Bertz CT molecular complexity index is 388. The Morgan fingerprint density at radius 1 is 1.44 bits per heavy atom. The molecule has 0 aromatic heterocycles. The number of hydrogen-bond acceptors (Lipinski definition) is 2. The summed E-state index contributed by atoms with van der Waals surface area (Å²) in [7, 11) is 0. The maximum Gasteiger partial charge on any atom is 0.124 e. The Morgan fingerprint density at radius 3 is 2.75 bits per heavy atom. The van der Waals surface area contributed by atoms with Gasteiger partial charge in [-0.25, -0.2) is 0 Å². The maximum absolute atomic E-state index is 6.24. The molecule has 0 fully saturated rings. The third-order valence-corrected chi connectivity index (χ3v) is 4.07. The first-order chi connectivity index (χ1) is 7.60. The van der Waals surface area contributed by atoms with Gasteiger partial charge in [0.2, 0.25) is 0 Å². The molecule has 1 heterocycles. The summed E-state index contributed by atoms with van der Waals surface area (Å²) in [6.45, 7) is 4.33. The van der Waals surface area contributed by atoms with Crippen molar-refractivity contribution in [1.82, 2.24) is 0 Å². The van der Waals surface area contributed by atoms with Gasteiger partial charge in [0.05, 0.1) is 0 Å². The Hall–Kier alpha value is -0.540. The van der Waals surface area contributed by atoms with E-state index in [1.807, 2.05) is 12.1 Å². The molecule has 0 bridgehead atoms. The summed E-state index contributed by atoms with van der Waals surface area (Å²) >= 11 is 3.47. The van der Waals surface area contributed by atoms with Crippen LogP contribution in [0.1, 0.15) is 44.7 Å². The minimum atomic E-state index is -0.0692. The van der Waals surface area contributed by atoms with Crippen molar-refractivity contribution in [3.05, 3.63) is 28.2 Å². The highest BCUT2D eigenvalue weighted by Gasteiger charge is 2.36. The zero-order valence-corrected chi connectivity index (χ0v) is 11.4. The van der Waals surface area contributed by atoms with Gasteiger partial charge in [0.15, 0.2) is 0 Å². The molecule has 0 spiro atoms. The molecule has 1 atom stereocenters. The second-order valence-electron chi connectivity index (χ2n) is 4.48. The van der Waals surface area contributed by atoms with Gasteiger partial charge in [0.1, 0.15) is 11.4 Å². The molecular formula is C13H18BrNO. The molecule has 16 heavy (non-hydrogen) atoms. The van der Waals surface area contributed by atoms with Crippen molar-refractivity contribution < 1.29 is 4.74 Å². The maximum atomic E-state index is 6.24. The third-order valence-electron chi connectivity index (χ3n) is 3.58. The van der Waals surface area contributed by atoms with Gasteiger partial charge in [-0.15, -0.1) is 0 Å². The van der Waals surface area contributed by atoms with Crippen molar-refractivity contribution in [2.45, 2.75) is 44.8 Å². The van der Waals surface area contributed by atoms with Gasteiger partial charge in [-0.2, -0.15) is 0 Å². The van der Waals surface area contributed by atoms with Crippen LogP contribution in [-0.4, -0.2) is 5.60 Å². The van der Waals surface area contributed by atoms with Crippen LogP contribution in [0.15, 0.2) is 22.7 Å². The van der Waals surface area contributed by atoms with Crippen molar-refractivity contribution in [2.75, 3.05) is 0 Å². The van der Waals surface area contributed by atoms with E-state index in [1.54, 1.807) is 0 Å². The molecule has 0 amide bonds. The summed E-state index contributed by atoms with van der Waals surface area (Å²) in [4.78, 5) is 0. The summed E-state index contributed by atoms with van der Waals surface area (Å²) in [5.41, 5.74) is 7.29. The lowest BCUT2D eigenvalue weighted by atomic mass is 9.84. The minimum Gasteiger partial charge on any atom is -0.487 e. The van der Waals surface area contributed by atoms with Gasteiger partial charge >= 0.3 is 0 Å². The molecule has 0 saturated carbocycles. The van der Waals surface area contributed by atoms with Crippen LogP contribution in [0.25, 0.3) is 0 Å². The number of hydrogen-bond donors (Lipinski definition) is 1. The number of halogens is 1. The molecule has 0 radical (unpaired) electrons. The number of rotatable bonds is 2. The second-order valence-corrected chi connectivity index (χ2v) is 5.40. The lowest BCUT2D eigenvalue weighted by Gasteiger charge is -2.40. The summed E-state index contributed by atoms with van der Waals surface area (Å²) in [6, 6.07) is 6.17. The molecule has 2 N–H and O–H groups in total. The number of fused-ring (bicyclic) bond motifs is 1. The van der Waals surface area contributed by atoms with E-state index in [4.69, 9.17) is 10.5 Å². The lowest BCUT2D eigenvalue weighted by molar-refractivity contribution is 0.0282. The van der Waals surface area contributed by atoms with Gasteiger partial charge in [-0.3, -0.25) is 0 Å². The summed E-state index contributed by atoms with van der Waals surface area (Å²) in [5.74, 6) is 0.950. The first kappa shape index (κ1) is 11.9. The normalized spacial score (nSPS) is 22.4. The first-order valence-electron chi connectivity index (χ1n) is 5.84. The van der Waals surface area contributed by atoms with E-state index in [-0.39, 0.29) is 11.6 Å². The molecule has 3 heteroatoms. The van der Waals surface area contributed by atoms with Crippen LogP contribution < -0.4 is 10.5 Å². The van der Waals surface area contributed by atoms with Crippen LogP contribution in [0.5, 0.6) is 5.75 Å². The van der Waals surface area contributed by atoms with Crippen molar-refractivity contribution in [3.8, 4) is 5.75 Å². The fourth-order valence-corrected chi connectivity index (χ4v) is 2.75. The van der Waals surface area contributed by atoms with Crippen LogP contribution in [0.4, 0.5) is 0 Å². The van der Waals surface area contributed by atoms with E-state index in [1.165, 1.54) is 0 Å². The number of ether oxygens (including phenoxy) is 1. The average Bonchev–Trinajstić information content (AvgIpc) is 2.30. The third kappa shape index (κ3) is 1.98. The summed E-state index contributed by atoms with van der Waals surface area (Å²) in [6.07, 6.45) is 2.92. The highest BCUT2D eigenvalue weighted by atomic mass is 79.9. The van der Waals surface area contributed by atoms with E-state index in [0.29, 0.717) is 0 Å². The first-order valence-corrected chi connectivity index (χ1v) is 6.63. The summed E-state index contributed by atoms with van der Waals surface area (Å²) < 4.78 is 7.20. The van der Waals surface area contributed by atoms with Crippen LogP contribution in [-0.2, 0) is 0 Å². The van der Waals surface area contributed by atoms with Crippen molar-refractivity contribution >= 4 is 15.9 Å². The highest BCUT2D eigenvalue weighted by molar-refractivity contribution is 9.10. The molecule has 1 aliphatic heterocycles. The Labute approximate surface area is 105 Å². The number of benzene rings is 1. The standard InChI is InChI=1S/C13H18BrNO/c1-3-13(4-2)8-11(15)10-7-9(14)5-6-12(10)16-13/h5-7,11H,3-4,8,15H2,1-2H3. The predicted octanol–water partition coefficient (Wildman–Crippen LogP) is 3.79. The van der Waals surface area contributed by atoms with Crippen LogP contribution >= 0.6 is 15.9 Å². The largest absolute Gasteiger partial charge is 0.487 e. The number of nitrogens with two attached hydrogens (primary N) is 1.